The molecule has 1 heterocycles. The summed E-state index contributed by atoms with van der Waals surface area (Å²) < 4.78 is 16.5. The summed E-state index contributed by atoms with van der Waals surface area (Å²) in [6.45, 7) is 1.70. The standard InChI is InChI=1S/C25H18Cl2N2O4/c1-14-5-7-15(8-6-14)31-13-22(30)32-16-9-10-17-21(11-16)33-25(29)18(12-28)23(17)24-19(26)3-2-4-20(24)27/h2-11,23H,13,29H2,1H3. The van der Waals surface area contributed by atoms with Crippen molar-refractivity contribution in [3.8, 4) is 23.3 Å². The highest BCUT2D eigenvalue weighted by atomic mass is 35.5. The highest BCUT2D eigenvalue weighted by Crippen LogP contribution is 2.47. The van der Waals surface area contributed by atoms with Gasteiger partial charge in [0.05, 0.1) is 5.92 Å². The lowest BCUT2D eigenvalue weighted by Crippen LogP contribution is -2.22. The number of carbonyl (C=O) groups excluding carboxylic acids is 1. The lowest BCUT2D eigenvalue weighted by Gasteiger charge is -2.27. The van der Waals surface area contributed by atoms with Gasteiger partial charge in [0, 0.05) is 27.2 Å². The molecule has 0 aliphatic carbocycles. The second kappa shape index (κ2) is 9.45. The molecule has 1 aliphatic heterocycles. The second-order valence-electron chi connectivity index (χ2n) is 7.34. The lowest BCUT2D eigenvalue weighted by molar-refractivity contribution is -0.136. The fourth-order valence-corrected chi connectivity index (χ4v) is 4.14. The van der Waals surface area contributed by atoms with Crippen molar-refractivity contribution in [2.45, 2.75) is 12.8 Å². The van der Waals surface area contributed by atoms with Crippen LogP contribution in [0.1, 0.15) is 22.6 Å². The van der Waals surface area contributed by atoms with Gasteiger partial charge in [-0.25, -0.2) is 4.79 Å². The SMILES string of the molecule is Cc1ccc(OCC(=O)Oc2ccc3c(c2)OC(N)=C(C#N)C3c2c(Cl)cccc2Cl)cc1. The van der Waals surface area contributed by atoms with Crippen LogP contribution in [0.25, 0.3) is 0 Å². The Morgan fingerprint density at radius 3 is 2.42 bits per heavy atom. The van der Waals surface area contributed by atoms with E-state index in [1.54, 1.807) is 42.5 Å². The molecule has 3 aromatic rings. The fraction of sp³-hybridized carbons (Fsp3) is 0.120. The average Bonchev–Trinajstić information content (AvgIpc) is 2.78. The van der Waals surface area contributed by atoms with Crippen LogP contribution in [-0.2, 0) is 4.79 Å². The number of nitrogens with zero attached hydrogens (tertiary/aromatic N) is 1. The maximum absolute atomic E-state index is 12.3. The van der Waals surface area contributed by atoms with Crippen LogP contribution in [0.5, 0.6) is 17.2 Å². The van der Waals surface area contributed by atoms with E-state index in [2.05, 4.69) is 6.07 Å². The number of hydrogen-bond donors (Lipinski definition) is 1. The van der Waals surface area contributed by atoms with E-state index in [1.165, 1.54) is 6.07 Å². The first kappa shape index (κ1) is 22.5. The van der Waals surface area contributed by atoms with Gasteiger partial charge in [-0.1, -0.05) is 53.0 Å². The predicted molar refractivity (Wildman–Crippen MR) is 125 cm³/mol. The zero-order valence-corrected chi connectivity index (χ0v) is 19.0. The molecule has 0 spiro atoms. The van der Waals surface area contributed by atoms with E-state index >= 15 is 0 Å². The van der Waals surface area contributed by atoms with Crippen molar-refractivity contribution >= 4 is 29.2 Å². The van der Waals surface area contributed by atoms with Gasteiger partial charge >= 0.3 is 5.97 Å². The Balaban J connectivity index is 1.58. The van der Waals surface area contributed by atoms with Crippen LogP contribution < -0.4 is 19.9 Å². The fourth-order valence-electron chi connectivity index (χ4n) is 3.52. The Morgan fingerprint density at radius 2 is 1.76 bits per heavy atom. The number of nitrogens with two attached hydrogens (primary N) is 1. The van der Waals surface area contributed by atoms with Crippen LogP contribution in [0, 0.1) is 18.3 Å². The molecule has 0 amide bonds. The highest BCUT2D eigenvalue weighted by Gasteiger charge is 2.33. The van der Waals surface area contributed by atoms with Gasteiger partial charge in [-0.15, -0.1) is 0 Å². The summed E-state index contributed by atoms with van der Waals surface area (Å²) in [5.41, 5.74) is 8.46. The van der Waals surface area contributed by atoms with Crippen LogP contribution in [0.4, 0.5) is 0 Å². The summed E-state index contributed by atoms with van der Waals surface area (Å²) in [5.74, 6) is -0.154. The molecule has 166 valence electrons. The molecule has 2 N–H and O–H groups in total. The van der Waals surface area contributed by atoms with Gasteiger partial charge in [0.15, 0.2) is 6.61 Å². The van der Waals surface area contributed by atoms with Crippen molar-refractivity contribution in [2.75, 3.05) is 6.61 Å². The molecule has 8 heteroatoms. The Labute approximate surface area is 200 Å². The van der Waals surface area contributed by atoms with Gasteiger partial charge in [0.1, 0.15) is 28.9 Å². The molecule has 6 nitrogen and oxygen atoms in total. The Kier molecular flexibility index (Phi) is 6.45. The van der Waals surface area contributed by atoms with Crippen molar-refractivity contribution in [2.24, 2.45) is 5.73 Å². The first-order valence-electron chi connectivity index (χ1n) is 9.93. The van der Waals surface area contributed by atoms with Gasteiger partial charge < -0.3 is 19.9 Å². The third kappa shape index (κ3) is 4.75. The maximum Gasteiger partial charge on any atom is 0.349 e. The zero-order chi connectivity index (χ0) is 23.5. The van der Waals surface area contributed by atoms with Gasteiger partial charge in [0.25, 0.3) is 0 Å². The van der Waals surface area contributed by atoms with Crippen molar-refractivity contribution < 1.29 is 19.0 Å². The van der Waals surface area contributed by atoms with Crippen LogP contribution in [0.15, 0.2) is 72.1 Å². The number of carbonyl (C=O) groups is 1. The molecule has 0 fully saturated rings. The average molecular weight is 481 g/mol. The Morgan fingerprint density at radius 1 is 1.09 bits per heavy atom. The second-order valence-corrected chi connectivity index (χ2v) is 8.15. The molecule has 0 radical (unpaired) electrons. The normalized spacial score (nSPS) is 14.7. The van der Waals surface area contributed by atoms with Crippen LogP contribution in [0.3, 0.4) is 0 Å². The van der Waals surface area contributed by atoms with Crippen molar-refractivity contribution in [3.63, 3.8) is 0 Å². The Hall–Kier alpha value is -3.66. The number of aryl methyl sites for hydroxylation is 1. The van der Waals surface area contributed by atoms with Crippen molar-refractivity contribution in [1.82, 2.24) is 0 Å². The number of allylic oxidation sites excluding steroid dienone is 1. The molecular formula is C25H18Cl2N2O4. The number of ether oxygens (including phenoxy) is 3. The van der Waals surface area contributed by atoms with Gasteiger partial charge in [-0.05, 0) is 37.3 Å². The van der Waals surface area contributed by atoms with E-state index in [0.29, 0.717) is 32.7 Å². The molecule has 1 unspecified atom stereocenters. The monoisotopic (exact) mass is 480 g/mol. The number of benzene rings is 3. The Bertz CT molecular complexity index is 1280. The first-order valence-corrected chi connectivity index (χ1v) is 10.7. The summed E-state index contributed by atoms with van der Waals surface area (Å²) in [6.07, 6.45) is 0. The van der Waals surface area contributed by atoms with Gasteiger partial charge in [-0.2, -0.15) is 5.26 Å². The molecular weight excluding hydrogens is 463 g/mol. The van der Waals surface area contributed by atoms with Gasteiger partial charge in [-0.3, -0.25) is 0 Å². The summed E-state index contributed by atoms with van der Waals surface area (Å²) in [7, 11) is 0. The third-order valence-electron chi connectivity index (χ3n) is 5.09. The molecule has 0 bridgehead atoms. The number of fused-ring (bicyclic) bond motifs is 1. The van der Waals surface area contributed by atoms with E-state index in [1.807, 2.05) is 19.1 Å². The third-order valence-corrected chi connectivity index (χ3v) is 5.75. The number of rotatable bonds is 5. The van der Waals surface area contributed by atoms with Crippen LogP contribution in [-0.4, -0.2) is 12.6 Å². The zero-order valence-electron chi connectivity index (χ0n) is 17.5. The topological polar surface area (TPSA) is 94.6 Å². The molecule has 0 saturated heterocycles. The highest BCUT2D eigenvalue weighted by molar-refractivity contribution is 6.36. The molecule has 33 heavy (non-hydrogen) atoms. The predicted octanol–water partition coefficient (Wildman–Crippen LogP) is 5.50. The molecule has 0 aromatic heterocycles. The molecule has 0 saturated carbocycles. The van der Waals surface area contributed by atoms with E-state index in [9.17, 15) is 10.1 Å². The number of hydrogen-bond acceptors (Lipinski definition) is 6. The summed E-state index contributed by atoms with van der Waals surface area (Å²) in [5, 5.41) is 10.5. The largest absolute Gasteiger partial charge is 0.482 e. The van der Waals surface area contributed by atoms with Crippen molar-refractivity contribution in [1.29, 1.82) is 5.26 Å². The first-order chi connectivity index (χ1) is 15.9. The smallest absolute Gasteiger partial charge is 0.349 e. The van der Waals surface area contributed by atoms with E-state index < -0.39 is 11.9 Å². The number of esters is 1. The van der Waals surface area contributed by atoms with E-state index in [4.69, 9.17) is 43.1 Å². The molecule has 4 rings (SSSR count). The van der Waals surface area contributed by atoms with Crippen LogP contribution in [0.2, 0.25) is 10.0 Å². The minimum absolute atomic E-state index is 0.0721. The van der Waals surface area contributed by atoms with E-state index in [-0.39, 0.29) is 23.8 Å². The van der Waals surface area contributed by atoms with Gasteiger partial charge in [0.2, 0.25) is 5.88 Å². The summed E-state index contributed by atoms with van der Waals surface area (Å²) in [4.78, 5) is 12.3. The minimum Gasteiger partial charge on any atom is -0.482 e. The van der Waals surface area contributed by atoms with E-state index in [0.717, 1.165) is 5.56 Å². The number of halogens is 2. The number of nitriles is 1. The molecule has 1 aliphatic rings. The van der Waals surface area contributed by atoms with Crippen LogP contribution >= 0.6 is 23.2 Å². The quantitative estimate of drug-likeness (QED) is 0.382. The summed E-state index contributed by atoms with van der Waals surface area (Å²) >= 11 is 12.8. The minimum atomic E-state index is -0.630. The van der Waals surface area contributed by atoms with Crippen molar-refractivity contribution in [3.05, 3.63) is 98.9 Å². The maximum atomic E-state index is 12.3. The molecule has 3 aromatic carbocycles. The molecule has 1 atom stereocenters. The summed E-state index contributed by atoms with van der Waals surface area (Å²) in [6, 6.07) is 19.3. The lowest BCUT2D eigenvalue weighted by atomic mass is 9.83.